The van der Waals surface area contributed by atoms with Crippen molar-refractivity contribution < 1.29 is 17.5 Å². The Morgan fingerprint density at radius 2 is 1.42 bits per heavy atom. The molecular formula is C19H40O4SSi2. The van der Waals surface area contributed by atoms with Gasteiger partial charge in [0.25, 0.3) is 0 Å². The van der Waals surface area contributed by atoms with Crippen LogP contribution in [0.25, 0.3) is 0 Å². The van der Waals surface area contributed by atoms with Crippen LogP contribution in [0, 0.1) is 5.92 Å². The molecule has 4 nitrogen and oxygen atoms in total. The van der Waals surface area contributed by atoms with Gasteiger partial charge in [-0.2, -0.15) is 0 Å². The molecule has 2 saturated heterocycles. The van der Waals surface area contributed by atoms with Crippen molar-refractivity contribution in [2.75, 3.05) is 18.6 Å². The molecule has 0 spiro atoms. The summed E-state index contributed by atoms with van der Waals surface area (Å²) in [6.45, 7) is 20.8. The van der Waals surface area contributed by atoms with Gasteiger partial charge in [-0.25, -0.2) is 0 Å². The normalized spacial score (nSPS) is 34.8. The smallest absolute Gasteiger partial charge is 0.343 e. The van der Waals surface area contributed by atoms with E-state index < -0.39 is 27.7 Å². The number of fused-ring (bicyclic) bond motifs is 1. The van der Waals surface area contributed by atoms with Crippen molar-refractivity contribution in [1.29, 1.82) is 0 Å². The second kappa shape index (κ2) is 8.45. The summed E-state index contributed by atoms with van der Waals surface area (Å²) in [6.07, 6.45) is 0.744. The quantitative estimate of drug-likeness (QED) is 0.616. The molecule has 0 aliphatic carbocycles. The Hall–Kier alpha value is 0.464. The second-order valence-corrected chi connectivity index (χ2v) is 20.3. The average molecular weight is 421 g/mol. The molecule has 2 aliphatic heterocycles. The topological polar surface area (TPSA) is 44.8 Å². The maximum Gasteiger partial charge on any atom is 0.343 e. The first kappa shape index (κ1) is 22.7. The predicted molar refractivity (Wildman–Crippen MR) is 115 cm³/mol. The molecule has 0 bridgehead atoms. The van der Waals surface area contributed by atoms with Gasteiger partial charge >= 0.3 is 8.56 Å². The van der Waals surface area contributed by atoms with Crippen LogP contribution in [-0.2, 0) is 24.1 Å². The van der Waals surface area contributed by atoms with E-state index in [4.69, 9.17) is 13.3 Å². The highest BCUT2D eigenvalue weighted by atomic mass is 32.2. The van der Waals surface area contributed by atoms with Crippen LogP contribution in [0.3, 0.4) is 0 Å². The predicted octanol–water partition coefficient (Wildman–Crippen LogP) is 4.75. The van der Waals surface area contributed by atoms with Gasteiger partial charge in [0.2, 0.25) is 8.32 Å². The van der Waals surface area contributed by atoms with E-state index in [0.717, 1.165) is 5.75 Å². The largest absolute Gasteiger partial charge is 0.410 e. The molecule has 2 fully saturated rings. The Balaban J connectivity index is 2.52. The lowest BCUT2D eigenvalue weighted by Crippen LogP contribution is -2.57. The summed E-state index contributed by atoms with van der Waals surface area (Å²) < 4.78 is 33.3. The zero-order valence-electron chi connectivity index (χ0n) is 18.2. The Labute approximate surface area is 165 Å². The molecule has 0 unspecified atom stereocenters. The minimum Gasteiger partial charge on any atom is -0.410 e. The van der Waals surface area contributed by atoms with Gasteiger partial charge in [-0.05, 0) is 28.1 Å². The minimum atomic E-state index is -2.42. The van der Waals surface area contributed by atoms with Gasteiger partial charge in [-0.15, -0.1) is 0 Å². The van der Waals surface area contributed by atoms with E-state index >= 15 is 0 Å². The SMILES string of the molecule is CC(C)[Si]1(C(C)C)CO[Si](C(C)C)(C(C)C)OC[C@@H]2[C@@H](O1)[C@@H](C)C[S@@]2=O. The third-order valence-corrected chi connectivity index (χ3v) is 18.5. The lowest BCUT2D eigenvalue weighted by Gasteiger charge is -2.44. The fraction of sp³-hybridized carbons (Fsp3) is 1.00. The summed E-state index contributed by atoms with van der Waals surface area (Å²) in [5.74, 6) is 1.05. The molecule has 2 rings (SSSR count). The van der Waals surface area contributed by atoms with Crippen molar-refractivity contribution in [1.82, 2.24) is 0 Å². The first-order valence-electron chi connectivity index (χ1n) is 10.3. The fourth-order valence-electron chi connectivity index (χ4n) is 4.73. The first-order chi connectivity index (χ1) is 12.0. The van der Waals surface area contributed by atoms with Crippen LogP contribution in [0.1, 0.15) is 62.3 Å². The van der Waals surface area contributed by atoms with Crippen LogP contribution in [0.2, 0.25) is 22.2 Å². The van der Waals surface area contributed by atoms with Gasteiger partial charge in [0.15, 0.2) is 0 Å². The molecule has 154 valence electrons. The molecule has 0 radical (unpaired) electrons. The van der Waals surface area contributed by atoms with Crippen molar-refractivity contribution in [3.05, 3.63) is 0 Å². The van der Waals surface area contributed by atoms with Gasteiger partial charge in [0.05, 0.1) is 24.2 Å². The van der Waals surface area contributed by atoms with E-state index in [9.17, 15) is 4.21 Å². The van der Waals surface area contributed by atoms with Crippen LogP contribution >= 0.6 is 0 Å². The number of rotatable bonds is 4. The summed E-state index contributed by atoms with van der Waals surface area (Å²) in [5, 5.41) is -0.0135. The first-order valence-corrected chi connectivity index (χ1v) is 15.9. The average Bonchev–Trinajstić information content (AvgIpc) is 2.82. The third-order valence-electron chi connectivity index (χ3n) is 6.61. The molecule has 0 amide bonds. The molecule has 7 heteroatoms. The van der Waals surface area contributed by atoms with E-state index in [2.05, 4.69) is 62.3 Å². The lowest BCUT2D eigenvalue weighted by atomic mass is 10.1. The summed E-state index contributed by atoms with van der Waals surface area (Å²) in [6, 6.07) is 0. The van der Waals surface area contributed by atoms with E-state index in [1.807, 2.05) is 0 Å². The molecule has 26 heavy (non-hydrogen) atoms. The molecule has 0 aromatic rings. The Morgan fingerprint density at radius 1 is 0.885 bits per heavy atom. The van der Waals surface area contributed by atoms with Crippen LogP contribution in [-0.4, -0.2) is 51.0 Å². The van der Waals surface area contributed by atoms with Crippen LogP contribution in [0.4, 0.5) is 0 Å². The van der Waals surface area contributed by atoms with E-state index in [-0.39, 0.29) is 11.4 Å². The Kier molecular flexibility index (Phi) is 7.39. The van der Waals surface area contributed by atoms with Crippen LogP contribution in [0.15, 0.2) is 0 Å². The standard InChI is InChI=1S/C19H40O4SSi2/c1-13(2)25(14(3)4)12-22-26(15(5)6,16(7)8)21-10-18-19(23-25)17(9)11-24(18)20/h13-19H,10-12H2,1-9H3/t17-,18+,19-,24-/m0/s1. The minimum absolute atomic E-state index is 0.0135. The molecule has 0 aromatic carbocycles. The summed E-state index contributed by atoms with van der Waals surface area (Å²) in [7, 11) is -5.49. The Morgan fingerprint density at radius 3 is 1.88 bits per heavy atom. The molecular weight excluding hydrogens is 380 g/mol. The summed E-state index contributed by atoms with van der Waals surface area (Å²) in [4.78, 5) is 0. The van der Waals surface area contributed by atoms with Gasteiger partial charge in [0.1, 0.15) is 0 Å². The van der Waals surface area contributed by atoms with Crippen molar-refractivity contribution in [3.63, 3.8) is 0 Å². The zero-order chi connectivity index (χ0) is 19.9. The third kappa shape index (κ3) is 3.94. The zero-order valence-corrected chi connectivity index (χ0v) is 21.0. The van der Waals surface area contributed by atoms with Crippen LogP contribution < -0.4 is 0 Å². The fourth-order valence-corrected chi connectivity index (χ4v) is 15.3. The lowest BCUT2D eigenvalue weighted by molar-refractivity contribution is 0.121. The van der Waals surface area contributed by atoms with Gasteiger partial charge in [0, 0.05) is 16.6 Å². The molecule has 0 N–H and O–H groups in total. The molecule has 0 aromatic heterocycles. The highest BCUT2D eigenvalue weighted by molar-refractivity contribution is 7.86. The van der Waals surface area contributed by atoms with E-state index in [1.54, 1.807) is 0 Å². The monoisotopic (exact) mass is 420 g/mol. The van der Waals surface area contributed by atoms with Crippen molar-refractivity contribution in [2.24, 2.45) is 5.92 Å². The van der Waals surface area contributed by atoms with Gasteiger partial charge < -0.3 is 13.3 Å². The maximum atomic E-state index is 12.8. The van der Waals surface area contributed by atoms with E-state index in [0.29, 0.717) is 40.9 Å². The highest BCUT2D eigenvalue weighted by Crippen LogP contribution is 2.43. The van der Waals surface area contributed by atoms with Crippen molar-refractivity contribution >= 4 is 27.7 Å². The van der Waals surface area contributed by atoms with Crippen molar-refractivity contribution in [3.8, 4) is 0 Å². The van der Waals surface area contributed by atoms with Crippen LogP contribution in [0.5, 0.6) is 0 Å². The summed E-state index contributed by atoms with van der Waals surface area (Å²) >= 11 is 0. The maximum absolute atomic E-state index is 12.8. The van der Waals surface area contributed by atoms with Crippen molar-refractivity contribution in [2.45, 2.75) is 95.8 Å². The molecule has 2 aliphatic rings. The number of hydrogen-bond acceptors (Lipinski definition) is 4. The molecule has 2 heterocycles. The summed E-state index contributed by atoms with van der Waals surface area (Å²) in [5.41, 5.74) is 1.62. The number of hydrogen-bond donors (Lipinski definition) is 0. The highest BCUT2D eigenvalue weighted by Gasteiger charge is 2.55. The second-order valence-electron chi connectivity index (χ2n) is 9.54. The Bertz CT molecular complexity index is 494. The van der Waals surface area contributed by atoms with Gasteiger partial charge in [-0.1, -0.05) is 62.3 Å². The molecule has 4 atom stereocenters. The van der Waals surface area contributed by atoms with Gasteiger partial charge in [-0.3, -0.25) is 4.21 Å². The van der Waals surface area contributed by atoms with E-state index in [1.165, 1.54) is 0 Å². The molecule has 0 saturated carbocycles.